The van der Waals surface area contributed by atoms with Crippen LogP contribution in [0.1, 0.15) is 0 Å². The van der Waals surface area contributed by atoms with Crippen molar-refractivity contribution in [2.24, 2.45) is 0 Å². The number of nitrogens with one attached hydrogen (secondary N) is 9. The van der Waals surface area contributed by atoms with Gasteiger partial charge in [-0.05, 0) is 228 Å². The Kier molecular flexibility index (Phi) is 28.6. The molecule has 0 radical (unpaired) electrons. The van der Waals surface area contributed by atoms with Crippen LogP contribution in [0.4, 0.5) is 65.2 Å². The van der Waals surface area contributed by atoms with Crippen LogP contribution >= 0.6 is 103 Å². The highest BCUT2D eigenvalue weighted by atomic mass is 35.5. The first-order valence-corrected chi connectivity index (χ1v) is 47.3. The number of thiophene rings is 4. The summed E-state index contributed by atoms with van der Waals surface area (Å²) in [4.78, 5) is 99.5. The number of aromatic nitrogens is 4. The molecule has 16 rings (SSSR count). The van der Waals surface area contributed by atoms with Gasteiger partial charge in [0.1, 0.15) is 45.9 Å². The Labute approximate surface area is 767 Å². The van der Waals surface area contributed by atoms with E-state index < -0.39 is 110 Å². The van der Waals surface area contributed by atoms with Gasteiger partial charge < -0.3 is 31.3 Å². The summed E-state index contributed by atoms with van der Waals surface area (Å²) in [7, 11) is -13.2. The predicted octanol–water partition coefficient (Wildman–Crippen LogP) is 18.1. The molecule has 0 aliphatic rings. The van der Waals surface area contributed by atoms with Crippen molar-refractivity contribution >= 4 is 239 Å². The first-order chi connectivity index (χ1) is 61.2. The quantitative estimate of drug-likeness (QED) is 0.0360. The number of halogens is 9. The van der Waals surface area contributed by atoms with E-state index in [0.717, 1.165) is 99.0 Å². The summed E-state index contributed by atoms with van der Waals surface area (Å²) in [6.07, 6.45) is 5.77. The number of rotatable bonds is 18. The van der Waals surface area contributed by atoms with Crippen molar-refractivity contribution in [2.75, 3.05) is 40.7 Å². The lowest BCUT2D eigenvalue weighted by atomic mass is 10.1. The van der Waals surface area contributed by atoms with E-state index in [1.165, 1.54) is 129 Å². The molecule has 8 aromatic carbocycles. The third-order valence-electron chi connectivity index (χ3n) is 18.0. The van der Waals surface area contributed by atoms with E-state index in [0.29, 0.717) is 48.5 Å². The molecule has 0 saturated carbocycles. The van der Waals surface area contributed by atoms with Gasteiger partial charge in [0.25, 0.3) is 62.3 Å². The fourth-order valence-corrected chi connectivity index (χ4v) is 21.9. The van der Waals surface area contributed by atoms with Crippen molar-refractivity contribution < 1.29 is 75.1 Å². The molecule has 0 atom stereocenters. The molecular weight excluding hydrogens is 1950 g/mol. The maximum absolute atomic E-state index is 14.8. The molecule has 0 bridgehead atoms. The molecule has 0 unspecified atom stereocenters. The SMILES string of the molecule is CNc1ccc2c(=O)n(-c3ccc(NC(=O)NS(=O)(=O)c4ccc(Cl)s4)cc3F)ccc2c1.COc1ccc2c(=O)n(-c3ccc(NC(=O)NS(=O)(=O)c4ccc(Cl)s4)cc3F)ccc2c1.O=C(Nc1ccc(-n2ccc3cc(Cl)ccc3c2=O)c(F)c1)NS(=O)(=O)c1ccc(Cl)s1.O=C(Nc1ccc(-n2ccc3ccccc3c2=O)c(F)c1)NS(=O)(=O)c1ccc(Cl)s1. The van der Waals surface area contributed by atoms with E-state index in [-0.39, 0.29) is 79.7 Å². The molecule has 47 heteroatoms. The minimum Gasteiger partial charge on any atom is -0.497 e. The second kappa shape index (κ2) is 39.3. The van der Waals surface area contributed by atoms with Gasteiger partial charge >= 0.3 is 24.1 Å². The predicted molar refractivity (Wildman–Crippen MR) is 494 cm³/mol. The van der Waals surface area contributed by atoms with Crippen molar-refractivity contribution in [3.63, 3.8) is 0 Å². The van der Waals surface area contributed by atoms with Gasteiger partial charge in [-0.3, -0.25) is 37.4 Å². The number of amides is 8. The number of nitrogens with zero attached hydrogens (tertiary/aromatic N) is 4. The number of fused-ring (bicyclic) bond motifs is 4. The lowest BCUT2D eigenvalue weighted by Gasteiger charge is -2.12. The lowest BCUT2D eigenvalue weighted by Crippen LogP contribution is -2.34. The number of sulfonamides is 4. The van der Waals surface area contributed by atoms with Gasteiger partial charge in [0, 0.05) is 86.8 Å². The van der Waals surface area contributed by atoms with Gasteiger partial charge in [-0.1, -0.05) is 76.2 Å². The summed E-state index contributed by atoms with van der Waals surface area (Å²) in [5, 5.41) is 16.7. The molecule has 8 amide bonds. The van der Waals surface area contributed by atoms with Crippen LogP contribution < -0.4 is 72.4 Å². The molecule has 8 heterocycles. The molecule has 0 fully saturated rings. The van der Waals surface area contributed by atoms with Crippen LogP contribution in [0.25, 0.3) is 65.8 Å². The molecule has 662 valence electrons. The van der Waals surface area contributed by atoms with Crippen molar-refractivity contribution in [2.45, 2.75) is 16.8 Å². The Hall–Kier alpha value is -13.0. The van der Waals surface area contributed by atoms with E-state index in [9.17, 15) is 89.6 Å². The number of carbonyl (C=O) groups is 4. The second-order valence-electron chi connectivity index (χ2n) is 26.4. The fourth-order valence-electron chi connectivity index (χ4n) is 12.1. The zero-order valence-corrected chi connectivity index (χ0v) is 75.4. The average molecular weight is 2010 g/mol. The minimum absolute atomic E-state index is 0.000613. The Morgan fingerprint density at radius 2 is 0.597 bits per heavy atom. The van der Waals surface area contributed by atoms with Gasteiger partial charge in [0.05, 0.1) is 47.2 Å². The Bertz CT molecular complexity index is 7730. The molecule has 129 heavy (non-hydrogen) atoms. The highest BCUT2D eigenvalue weighted by molar-refractivity contribution is 7.93. The van der Waals surface area contributed by atoms with E-state index in [2.05, 4.69) is 26.6 Å². The van der Waals surface area contributed by atoms with Gasteiger partial charge in [0.2, 0.25) is 0 Å². The van der Waals surface area contributed by atoms with E-state index in [4.69, 9.17) is 62.7 Å². The largest absolute Gasteiger partial charge is 0.497 e. The summed E-state index contributed by atoms with van der Waals surface area (Å²) in [6.45, 7) is 0. The number of anilines is 5. The smallest absolute Gasteiger partial charge is 0.333 e. The Balaban J connectivity index is 0.000000147. The second-order valence-corrected chi connectivity index (χ2v) is 41.4. The zero-order valence-electron chi connectivity index (χ0n) is 65.1. The third kappa shape index (κ3) is 22.3. The topological polar surface area (TPSA) is 410 Å². The fraction of sp³-hybridized carbons (Fsp3) is 0.0244. The number of ether oxygens (including phenoxy) is 1. The van der Waals surface area contributed by atoms with Crippen LogP contribution in [0, 0.1) is 23.3 Å². The van der Waals surface area contributed by atoms with E-state index >= 15 is 0 Å². The Morgan fingerprint density at radius 1 is 0.318 bits per heavy atom. The summed E-state index contributed by atoms with van der Waals surface area (Å²) in [5.74, 6) is -2.57. The monoisotopic (exact) mass is 2000 g/mol. The summed E-state index contributed by atoms with van der Waals surface area (Å²) >= 11 is 32.0. The summed E-state index contributed by atoms with van der Waals surface area (Å²) in [5.41, 5.74) is -0.973. The van der Waals surface area contributed by atoms with Gasteiger partial charge in [-0.25, -0.2) is 89.3 Å². The molecule has 30 nitrogen and oxygen atoms in total. The molecule has 8 aromatic heterocycles. The number of pyridine rings is 4. The number of methoxy groups -OCH3 is 1. The maximum atomic E-state index is 14.8. The van der Waals surface area contributed by atoms with Crippen LogP contribution in [0.5, 0.6) is 5.75 Å². The number of carbonyl (C=O) groups excluding carboxylic acids is 4. The van der Waals surface area contributed by atoms with E-state index in [1.807, 2.05) is 18.9 Å². The summed E-state index contributed by atoms with van der Waals surface area (Å²) in [6, 6.07) is 49.3. The lowest BCUT2D eigenvalue weighted by molar-refractivity contribution is 0.255. The average Bonchev–Trinajstić information content (AvgIpc) is 1.48. The highest BCUT2D eigenvalue weighted by Crippen LogP contribution is 2.32. The van der Waals surface area contributed by atoms with Crippen LogP contribution in [0.2, 0.25) is 22.4 Å². The maximum Gasteiger partial charge on any atom is 0.333 e. The van der Waals surface area contributed by atoms with Crippen molar-refractivity contribution in [3.05, 3.63) is 336 Å². The molecule has 0 aliphatic heterocycles. The number of urea groups is 4. The molecule has 9 N–H and O–H groups in total. The summed E-state index contributed by atoms with van der Waals surface area (Å²) < 4.78 is 174. The Morgan fingerprint density at radius 3 is 0.899 bits per heavy atom. The molecular formula is C82H56Cl5F4N13O17S8. The third-order valence-corrected chi connectivity index (χ3v) is 30.5. The standard InChI is InChI=1S/C21H16ClFN4O4S2.C21H15ClFN3O5S2.C20H12Cl2FN3O4S2.C20H13ClFN3O4S2/c1-24-13-2-4-15-12(10-13)8-9-27(20(15)28)17-5-3-14(11-16(17)23)25-21(29)26-33(30,31)19-7-6-18(22)32-19;1-31-14-3-4-15-12(10-14)8-9-26(20(15)27)17-5-2-13(11-16(17)23)24-21(28)25-33(29,30)19-7-6-18(22)32-19;21-12-1-3-14-11(9-12)7-8-26(19(14)27)16-4-2-13(10-15(16)23)24-20(28)25-32(29,30)18-6-5-17(22)31-18;21-17-7-8-18(30-17)31(28,29)24-20(27)23-13-5-6-16(15(22)11-13)25-10-9-12-3-1-2-4-14(12)19(25)26/h2-11,24H,1H3,(H2,25,26,29);2-11H,1H3,(H2,24,25,28);1-10H,(H2,24,25,28);1-11H,(H2,23,24,27). The highest BCUT2D eigenvalue weighted by Gasteiger charge is 2.26. The van der Waals surface area contributed by atoms with Gasteiger partial charge in [0.15, 0.2) is 0 Å². The molecule has 16 aromatic rings. The van der Waals surface area contributed by atoms with Crippen molar-refractivity contribution in [3.8, 4) is 28.5 Å². The van der Waals surface area contributed by atoms with Crippen molar-refractivity contribution in [1.29, 1.82) is 0 Å². The molecule has 0 aliphatic carbocycles. The van der Waals surface area contributed by atoms with Gasteiger partial charge in [-0.2, -0.15) is 0 Å². The first-order valence-electron chi connectivity index (χ1n) is 36.2. The number of hydrogen-bond acceptors (Lipinski definition) is 22. The van der Waals surface area contributed by atoms with Crippen molar-refractivity contribution in [1.82, 2.24) is 37.2 Å². The molecule has 0 spiro atoms. The minimum atomic E-state index is -4.13. The van der Waals surface area contributed by atoms with E-state index in [1.54, 1.807) is 110 Å². The van der Waals surface area contributed by atoms with Gasteiger partial charge in [-0.15, -0.1) is 45.3 Å². The number of hydrogen-bond donors (Lipinski definition) is 9. The van der Waals surface area contributed by atoms with Crippen LogP contribution in [-0.2, 0) is 40.1 Å². The normalized spacial score (nSPS) is 11.4. The first kappa shape index (κ1) is 93.7. The zero-order chi connectivity index (χ0) is 92.7. The van der Waals surface area contributed by atoms with Crippen LogP contribution in [0.15, 0.2) is 285 Å². The van der Waals surface area contributed by atoms with Crippen LogP contribution in [0.3, 0.4) is 0 Å². The molecule has 0 saturated heterocycles. The number of benzene rings is 8. The van der Waals surface area contributed by atoms with Crippen LogP contribution in [-0.4, -0.2) is 90.2 Å².